The van der Waals surface area contributed by atoms with Crippen molar-refractivity contribution >= 4 is 5.69 Å². The molecule has 18 heavy (non-hydrogen) atoms. The van der Waals surface area contributed by atoms with E-state index in [9.17, 15) is 8.78 Å². The maximum absolute atomic E-state index is 12.6. The molecule has 0 saturated heterocycles. The molecule has 0 unspecified atom stereocenters. The number of imidazole rings is 1. The third kappa shape index (κ3) is 2.85. The molecule has 2 aromatic rings. The molecule has 1 aromatic heterocycles. The minimum absolute atomic E-state index is 0.278. The Morgan fingerprint density at radius 1 is 1.22 bits per heavy atom. The largest absolute Gasteiger partial charge is 0.378 e. The molecular formula is C13H15F2N3. The number of anilines is 1. The highest BCUT2D eigenvalue weighted by Crippen LogP contribution is 2.16. The van der Waals surface area contributed by atoms with E-state index in [4.69, 9.17) is 0 Å². The van der Waals surface area contributed by atoms with Crippen LogP contribution in [0.3, 0.4) is 0 Å². The zero-order valence-corrected chi connectivity index (χ0v) is 10.3. The van der Waals surface area contributed by atoms with E-state index in [0.717, 1.165) is 21.4 Å². The zero-order chi connectivity index (χ0) is 13.1. The van der Waals surface area contributed by atoms with Crippen molar-refractivity contribution in [1.29, 1.82) is 0 Å². The number of hydrogen-bond donors (Lipinski definition) is 1. The van der Waals surface area contributed by atoms with Crippen LogP contribution in [-0.2, 0) is 6.54 Å². The summed E-state index contributed by atoms with van der Waals surface area (Å²) >= 11 is 0. The van der Waals surface area contributed by atoms with Crippen LogP contribution in [0.25, 0.3) is 0 Å². The first-order valence-electron chi connectivity index (χ1n) is 5.68. The summed E-state index contributed by atoms with van der Waals surface area (Å²) in [6, 6.07) is 6.01. The number of rotatable bonds is 4. The van der Waals surface area contributed by atoms with Gasteiger partial charge in [0.15, 0.2) is 0 Å². The molecule has 96 valence electrons. The molecule has 0 spiro atoms. The number of alkyl halides is 2. The van der Waals surface area contributed by atoms with Crippen LogP contribution in [0.1, 0.15) is 23.5 Å². The Kier molecular flexibility index (Phi) is 3.60. The standard InChI is InChI=1S/C13H15F2N3/c1-9-5-10(2)7-11(6-9)17-8-12-16-3-4-18(12)13(14)15/h3-7,13,17H,8H2,1-2H3. The second kappa shape index (κ2) is 5.16. The van der Waals surface area contributed by atoms with E-state index >= 15 is 0 Å². The van der Waals surface area contributed by atoms with Crippen LogP contribution in [0, 0.1) is 13.8 Å². The summed E-state index contributed by atoms with van der Waals surface area (Å²) in [7, 11) is 0. The van der Waals surface area contributed by atoms with Crippen molar-refractivity contribution in [2.24, 2.45) is 0 Å². The molecule has 2 rings (SSSR count). The van der Waals surface area contributed by atoms with Gasteiger partial charge in [-0.1, -0.05) is 6.07 Å². The lowest BCUT2D eigenvalue weighted by molar-refractivity contribution is 0.0673. The van der Waals surface area contributed by atoms with E-state index in [1.165, 1.54) is 12.4 Å². The Labute approximate surface area is 104 Å². The number of nitrogens with zero attached hydrogens (tertiary/aromatic N) is 2. The van der Waals surface area contributed by atoms with E-state index in [-0.39, 0.29) is 6.54 Å². The molecule has 1 N–H and O–H groups in total. The van der Waals surface area contributed by atoms with Crippen LogP contribution in [0.15, 0.2) is 30.6 Å². The molecule has 0 radical (unpaired) electrons. The Morgan fingerprint density at radius 2 is 1.89 bits per heavy atom. The third-order valence-corrected chi connectivity index (χ3v) is 2.63. The SMILES string of the molecule is Cc1cc(C)cc(NCc2nccn2C(F)F)c1. The minimum Gasteiger partial charge on any atom is -0.378 e. The molecule has 0 aliphatic heterocycles. The van der Waals surface area contributed by atoms with Crippen molar-refractivity contribution in [2.75, 3.05) is 5.32 Å². The van der Waals surface area contributed by atoms with E-state index in [0.29, 0.717) is 5.82 Å². The molecule has 0 saturated carbocycles. The van der Waals surface area contributed by atoms with Crippen molar-refractivity contribution in [1.82, 2.24) is 9.55 Å². The molecule has 1 heterocycles. The number of nitrogens with one attached hydrogen (secondary N) is 1. The molecule has 0 aliphatic carbocycles. The van der Waals surface area contributed by atoms with Crippen LogP contribution >= 0.6 is 0 Å². The summed E-state index contributed by atoms with van der Waals surface area (Å²) < 4.78 is 26.1. The van der Waals surface area contributed by atoms with Gasteiger partial charge in [0.25, 0.3) is 0 Å². The monoisotopic (exact) mass is 251 g/mol. The predicted octanol–water partition coefficient (Wildman–Crippen LogP) is 3.51. The molecule has 0 fully saturated rings. The quantitative estimate of drug-likeness (QED) is 0.901. The van der Waals surface area contributed by atoms with Crippen LogP contribution in [0.5, 0.6) is 0 Å². The average molecular weight is 251 g/mol. The van der Waals surface area contributed by atoms with E-state index in [1.807, 2.05) is 26.0 Å². The Hall–Kier alpha value is -1.91. The Bertz CT molecular complexity index is 515. The first-order chi connectivity index (χ1) is 8.56. The van der Waals surface area contributed by atoms with Gasteiger partial charge in [0.2, 0.25) is 0 Å². The molecule has 1 aromatic carbocycles. The van der Waals surface area contributed by atoms with Crippen molar-refractivity contribution in [3.63, 3.8) is 0 Å². The maximum Gasteiger partial charge on any atom is 0.319 e. The highest BCUT2D eigenvalue weighted by Gasteiger charge is 2.10. The summed E-state index contributed by atoms with van der Waals surface area (Å²) in [4.78, 5) is 3.92. The molecule has 0 aliphatic rings. The molecule has 0 atom stereocenters. The molecule has 0 bridgehead atoms. The second-order valence-corrected chi connectivity index (χ2v) is 4.26. The lowest BCUT2D eigenvalue weighted by Crippen LogP contribution is -2.09. The van der Waals surface area contributed by atoms with Gasteiger partial charge >= 0.3 is 6.55 Å². The van der Waals surface area contributed by atoms with Gasteiger partial charge in [-0.25, -0.2) is 4.98 Å². The molecular weight excluding hydrogens is 236 g/mol. The summed E-state index contributed by atoms with van der Waals surface area (Å²) in [6.45, 7) is 1.72. The highest BCUT2D eigenvalue weighted by molar-refractivity contribution is 5.48. The fourth-order valence-corrected chi connectivity index (χ4v) is 1.92. The zero-order valence-electron chi connectivity index (χ0n) is 10.3. The Morgan fingerprint density at radius 3 is 2.50 bits per heavy atom. The molecule has 5 heteroatoms. The lowest BCUT2D eigenvalue weighted by Gasteiger charge is -2.10. The van der Waals surface area contributed by atoms with Crippen LogP contribution in [0.2, 0.25) is 0 Å². The van der Waals surface area contributed by atoms with E-state index < -0.39 is 6.55 Å². The molecule has 0 amide bonds. The Balaban J connectivity index is 2.09. The summed E-state index contributed by atoms with van der Waals surface area (Å²) in [6.07, 6.45) is 2.66. The van der Waals surface area contributed by atoms with Gasteiger partial charge in [-0.3, -0.25) is 4.57 Å². The van der Waals surface area contributed by atoms with E-state index in [2.05, 4.69) is 16.4 Å². The summed E-state index contributed by atoms with van der Waals surface area (Å²) in [5, 5.41) is 3.11. The van der Waals surface area contributed by atoms with Crippen LogP contribution in [-0.4, -0.2) is 9.55 Å². The summed E-state index contributed by atoms with van der Waals surface area (Å²) in [5.41, 5.74) is 3.18. The second-order valence-electron chi connectivity index (χ2n) is 4.26. The fraction of sp³-hybridized carbons (Fsp3) is 0.308. The fourth-order valence-electron chi connectivity index (χ4n) is 1.92. The van der Waals surface area contributed by atoms with Crippen LogP contribution in [0.4, 0.5) is 14.5 Å². The number of aromatic nitrogens is 2. The first kappa shape index (κ1) is 12.5. The first-order valence-corrected chi connectivity index (χ1v) is 5.68. The third-order valence-electron chi connectivity index (χ3n) is 2.63. The van der Waals surface area contributed by atoms with Crippen LogP contribution < -0.4 is 5.32 Å². The van der Waals surface area contributed by atoms with Crippen molar-refractivity contribution in [2.45, 2.75) is 26.9 Å². The van der Waals surface area contributed by atoms with Gasteiger partial charge in [0.1, 0.15) is 5.82 Å². The van der Waals surface area contributed by atoms with Gasteiger partial charge in [0, 0.05) is 18.1 Å². The lowest BCUT2D eigenvalue weighted by atomic mass is 10.1. The topological polar surface area (TPSA) is 29.9 Å². The number of hydrogen-bond acceptors (Lipinski definition) is 2. The van der Waals surface area contributed by atoms with Gasteiger partial charge in [-0.2, -0.15) is 8.78 Å². The minimum atomic E-state index is -2.55. The summed E-state index contributed by atoms with van der Waals surface area (Å²) in [5.74, 6) is 0.323. The molecule has 3 nitrogen and oxygen atoms in total. The van der Waals surface area contributed by atoms with Gasteiger partial charge in [-0.15, -0.1) is 0 Å². The van der Waals surface area contributed by atoms with Gasteiger partial charge < -0.3 is 5.32 Å². The normalized spacial score (nSPS) is 10.9. The number of benzene rings is 1. The van der Waals surface area contributed by atoms with E-state index in [1.54, 1.807) is 0 Å². The number of aryl methyl sites for hydroxylation is 2. The predicted molar refractivity (Wildman–Crippen MR) is 66.7 cm³/mol. The number of halogens is 2. The van der Waals surface area contributed by atoms with Gasteiger partial charge in [-0.05, 0) is 37.1 Å². The van der Waals surface area contributed by atoms with Crippen molar-refractivity contribution in [3.8, 4) is 0 Å². The van der Waals surface area contributed by atoms with Gasteiger partial charge in [0.05, 0.1) is 6.54 Å². The highest BCUT2D eigenvalue weighted by atomic mass is 19.3. The maximum atomic E-state index is 12.6. The van der Waals surface area contributed by atoms with Crippen molar-refractivity contribution in [3.05, 3.63) is 47.5 Å². The smallest absolute Gasteiger partial charge is 0.319 e. The average Bonchev–Trinajstić information content (AvgIpc) is 2.73. The van der Waals surface area contributed by atoms with Crippen molar-refractivity contribution < 1.29 is 8.78 Å².